The Hall–Kier alpha value is -2.50. The van der Waals surface area contributed by atoms with Crippen molar-refractivity contribution in [2.45, 2.75) is 19.3 Å². The average molecular weight is 421 g/mol. The van der Waals surface area contributed by atoms with E-state index in [4.69, 9.17) is 16.0 Å². The predicted octanol–water partition coefficient (Wildman–Crippen LogP) is 5.87. The second-order valence-electron chi connectivity index (χ2n) is 7.53. The first kappa shape index (κ1) is 18.5. The Morgan fingerprint density at radius 3 is 2.48 bits per heavy atom. The van der Waals surface area contributed by atoms with Crippen LogP contribution < -0.4 is 4.90 Å². The van der Waals surface area contributed by atoms with Crippen LogP contribution in [0.3, 0.4) is 0 Å². The maximum Gasteiger partial charge on any atom is 0.151 e. The highest BCUT2D eigenvalue weighted by molar-refractivity contribution is 7.14. The maximum atomic E-state index is 6.03. The monoisotopic (exact) mass is 420 g/mol. The summed E-state index contributed by atoms with van der Waals surface area (Å²) in [5.74, 6) is 1.75. The molecule has 1 aliphatic rings. The zero-order chi connectivity index (χ0) is 19.6. The smallest absolute Gasteiger partial charge is 0.151 e. The Morgan fingerprint density at radius 1 is 0.966 bits per heavy atom. The number of rotatable bonds is 4. The molecule has 0 N–H and O–H groups in total. The number of hydrogen-bond acceptors (Lipinski definition) is 5. The molecule has 1 saturated heterocycles. The summed E-state index contributed by atoms with van der Waals surface area (Å²) in [6.45, 7) is 2.05. The van der Waals surface area contributed by atoms with E-state index < -0.39 is 0 Å². The summed E-state index contributed by atoms with van der Waals surface area (Å²) >= 11 is 7.52. The molecule has 0 radical (unpaired) electrons. The van der Waals surface area contributed by atoms with Crippen molar-refractivity contribution in [3.63, 3.8) is 0 Å². The molecule has 2 aromatic heterocycles. The molecule has 4 aromatic rings. The van der Waals surface area contributed by atoms with Crippen LogP contribution in [0.1, 0.15) is 18.4 Å². The van der Waals surface area contributed by atoms with Gasteiger partial charge in [0.15, 0.2) is 5.82 Å². The van der Waals surface area contributed by atoms with Gasteiger partial charge in [-0.25, -0.2) is 9.97 Å². The lowest BCUT2D eigenvalue weighted by atomic mass is 9.90. The molecule has 2 aromatic carbocycles. The molecule has 5 rings (SSSR count). The van der Waals surface area contributed by atoms with Gasteiger partial charge in [0.1, 0.15) is 22.2 Å². The number of benzene rings is 2. The number of hydrogen-bond donors (Lipinski definition) is 0. The van der Waals surface area contributed by atoms with E-state index in [2.05, 4.69) is 45.2 Å². The van der Waals surface area contributed by atoms with Crippen LogP contribution >= 0.6 is 23.1 Å². The molecular weight excluding hydrogens is 400 g/mol. The second kappa shape index (κ2) is 8.09. The Bertz CT molecular complexity index is 1100. The predicted molar refractivity (Wildman–Crippen MR) is 121 cm³/mol. The molecule has 0 atom stereocenters. The van der Waals surface area contributed by atoms with Crippen LogP contribution in [0.4, 0.5) is 5.82 Å². The largest absolute Gasteiger partial charge is 0.355 e. The van der Waals surface area contributed by atoms with Crippen molar-refractivity contribution in [2.75, 3.05) is 18.0 Å². The van der Waals surface area contributed by atoms with Crippen molar-refractivity contribution in [2.24, 2.45) is 5.92 Å². The molecule has 0 unspecified atom stereocenters. The molecule has 0 bridgehead atoms. The van der Waals surface area contributed by atoms with Gasteiger partial charge in [-0.05, 0) is 54.4 Å². The van der Waals surface area contributed by atoms with E-state index in [0.29, 0.717) is 0 Å². The Morgan fingerprint density at radius 2 is 1.72 bits per heavy atom. The van der Waals surface area contributed by atoms with Crippen LogP contribution in [0, 0.1) is 5.92 Å². The van der Waals surface area contributed by atoms with Crippen molar-refractivity contribution >= 4 is 39.2 Å². The fourth-order valence-electron chi connectivity index (χ4n) is 4.07. The fourth-order valence-corrected chi connectivity index (χ4v) is 5.07. The molecule has 4 nitrogen and oxygen atoms in total. The number of nitrogens with zero attached hydrogens (tertiary/aromatic N) is 4. The molecule has 29 heavy (non-hydrogen) atoms. The standard InChI is InChI=1S/C23H21ClN4S/c24-19-8-6-18(7-9-19)20-21-22(29-27-20)23(26-15-25-21)28-12-10-17(11-13-28)14-16-4-2-1-3-5-16/h1-9,15,17H,10-14H2. The number of piperidine rings is 1. The lowest BCUT2D eigenvalue weighted by Gasteiger charge is -2.33. The summed E-state index contributed by atoms with van der Waals surface area (Å²) in [6.07, 6.45) is 5.20. The van der Waals surface area contributed by atoms with Crippen LogP contribution in [0.25, 0.3) is 21.5 Å². The first-order chi connectivity index (χ1) is 14.3. The molecule has 0 spiro atoms. The lowest BCUT2D eigenvalue weighted by molar-refractivity contribution is 0.403. The van der Waals surface area contributed by atoms with Crippen LogP contribution in [-0.4, -0.2) is 27.4 Å². The highest BCUT2D eigenvalue weighted by Gasteiger charge is 2.23. The molecule has 0 amide bonds. The topological polar surface area (TPSA) is 41.9 Å². The molecular formula is C23H21ClN4S. The van der Waals surface area contributed by atoms with Gasteiger partial charge >= 0.3 is 0 Å². The fraction of sp³-hybridized carbons (Fsp3) is 0.261. The van der Waals surface area contributed by atoms with E-state index in [1.807, 2.05) is 24.3 Å². The Balaban J connectivity index is 1.35. The third-order valence-corrected chi connectivity index (χ3v) is 6.72. The van der Waals surface area contributed by atoms with Gasteiger partial charge in [-0.2, -0.15) is 4.37 Å². The van der Waals surface area contributed by atoms with Crippen molar-refractivity contribution in [3.8, 4) is 11.3 Å². The van der Waals surface area contributed by atoms with Crippen molar-refractivity contribution in [1.82, 2.24) is 14.3 Å². The van der Waals surface area contributed by atoms with Crippen molar-refractivity contribution < 1.29 is 0 Å². The van der Waals surface area contributed by atoms with E-state index >= 15 is 0 Å². The van der Waals surface area contributed by atoms with Gasteiger partial charge in [0.2, 0.25) is 0 Å². The summed E-state index contributed by atoms with van der Waals surface area (Å²) in [5, 5.41) is 0.724. The SMILES string of the molecule is Clc1ccc(-c2nsc3c(N4CCC(Cc5ccccc5)CC4)ncnc23)cc1. The van der Waals surface area contributed by atoms with Crippen LogP contribution in [0.2, 0.25) is 5.02 Å². The normalized spacial score (nSPS) is 15.1. The Kier molecular flexibility index (Phi) is 5.17. The first-order valence-corrected chi connectivity index (χ1v) is 11.1. The van der Waals surface area contributed by atoms with Crippen LogP contribution in [-0.2, 0) is 6.42 Å². The van der Waals surface area contributed by atoms with E-state index in [-0.39, 0.29) is 0 Å². The van der Waals surface area contributed by atoms with Crippen LogP contribution in [0.15, 0.2) is 60.9 Å². The third-order valence-electron chi connectivity index (χ3n) is 5.64. The highest BCUT2D eigenvalue weighted by Crippen LogP contribution is 2.36. The number of anilines is 1. The van der Waals surface area contributed by atoms with Gasteiger partial charge < -0.3 is 4.90 Å². The van der Waals surface area contributed by atoms with Crippen molar-refractivity contribution in [3.05, 3.63) is 71.5 Å². The summed E-state index contributed by atoms with van der Waals surface area (Å²) in [4.78, 5) is 11.6. The molecule has 3 heterocycles. The van der Waals surface area contributed by atoms with E-state index in [1.54, 1.807) is 6.33 Å². The van der Waals surface area contributed by atoms with Gasteiger partial charge in [-0.15, -0.1) is 0 Å². The molecule has 146 valence electrons. The van der Waals surface area contributed by atoms with Crippen LogP contribution in [0.5, 0.6) is 0 Å². The van der Waals surface area contributed by atoms with Gasteiger partial charge in [0.25, 0.3) is 0 Å². The minimum Gasteiger partial charge on any atom is -0.355 e. The quantitative estimate of drug-likeness (QED) is 0.414. The van der Waals surface area contributed by atoms with E-state index in [1.165, 1.54) is 29.9 Å². The average Bonchev–Trinajstić information content (AvgIpc) is 3.20. The summed E-state index contributed by atoms with van der Waals surface area (Å²) in [7, 11) is 0. The highest BCUT2D eigenvalue weighted by atomic mass is 35.5. The number of halogens is 1. The second-order valence-corrected chi connectivity index (χ2v) is 8.74. The Labute approximate surface area is 179 Å². The van der Waals surface area contributed by atoms with E-state index in [0.717, 1.165) is 57.7 Å². The lowest BCUT2D eigenvalue weighted by Crippen LogP contribution is -2.34. The zero-order valence-corrected chi connectivity index (χ0v) is 17.5. The molecule has 1 aliphatic heterocycles. The maximum absolute atomic E-state index is 6.03. The minimum atomic E-state index is 0.724. The molecule has 6 heteroatoms. The molecule has 1 fully saturated rings. The van der Waals surface area contributed by atoms with Crippen molar-refractivity contribution in [1.29, 1.82) is 0 Å². The van der Waals surface area contributed by atoms with Gasteiger partial charge in [-0.1, -0.05) is 54.1 Å². The summed E-state index contributed by atoms with van der Waals surface area (Å²) in [5.41, 5.74) is 4.30. The number of aromatic nitrogens is 3. The van der Waals surface area contributed by atoms with Gasteiger partial charge in [0.05, 0.1) is 0 Å². The number of fused-ring (bicyclic) bond motifs is 1. The molecule has 0 aliphatic carbocycles. The zero-order valence-electron chi connectivity index (χ0n) is 16.0. The molecule has 0 saturated carbocycles. The third kappa shape index (κ3) is 3.85. The summed E-state index contributed by atoms with van der Waals surface area (Å²) in [6, 6.07) is 18.6. The van der Waals surface area contributed by atoms with Gasteiger partial charge in [0, 0.05) is 23.7 Å². The summed E-state index contributed by atoms with van der Waals surface area (Å²) < 4.78 is 5.76. The van der Waals surface area contributed by atoms with E-state index in [9.17, 15) is 0 Å². The van der Waals surface area contributed by atoms with Gasteiger partial charge in [-0.3, -0.25) is 0 Å². The minimum absolute atomic E-state index is 0.724. The first-order valence-electron chi connectivity index (χ1n) is 9.93.